The molecule has 2 aromatic carbocycles. The van der Waals surface area contributed by atoms with Crippen molar-refractivity contribution >= 4 is 33.7 Å². The molecule has 11 nitrogen and oxygen atoms in total. The second-order valence-electron chi connectivity index (χ2n) is 8.94. The third-order valence-electron chi connectivity index (χ3n) is 6.65. The lowest BCUT2D eigenvalue weighted by atomic mass is 10.1. The van der Waals surface area contributed by atoms with Crippen LogP contribution in [0.4, 0.5) is 11.9 Å². The van der Waals surface area contributed by atoms with E-state index in [1.165, 1.54) is 0 Å². The summed E-state index contributed by atoms with van der Waals surface area (Å²) in [6.07, 6.45) is 2.10. The number of ether oxygens (including phenoxy) is 3. The fraction of sp³-hybridized carbons (Fsp3) is 0.385. The first kappa shape index (κ1) is 24.7. The van der Waals surface area contributed by atoms with Gasteiger partial charge in [-0.3, -0.25) is 20.0 Å². The van der Waals surface area contributed by atoms with Crippen molar-refractivity contribution in [3.8, 4) is 17.2 Å². The van der Waals surface area contributed by atoms with Crippen LogP contribution < -0.4 is 25.1 Å². The van der Waals surface area contributed by atoms with Gasteiger partial charge in [-0.05, 0) is 50.6 Å². The number of nitrogens with one attached hydrogen (secondary N) is 2. The van der Waals surface area contributed by atoms with Gasteiger partial charge in [-0.2, -0.15) is 0 Å². The molecule has 3 heterocycles. The molecule has 0 radical (unpaired) electrons. The summed E-state index contributed by atoms with van der Waals surface area (Å²) in [5.74, 6) is 2.29. The number of hydrogen-bond acceptors (Lipinski definition) is 10. The molecule has 0 amide bonds. The summed E-state index contributed by atoms with van der Waals surface area (Å²) >= 11 is 0. The van der Waals surface area contributed by atoms with E-state index in [1.807, 2.05) is 13.0 Å². The van der Waals surface area contributed by atoms with Crippen molar-refractivity contribution in [2.45, 2.75) is 25.8 Å². The minimum absolute atomic E-state index is 0.166. The Morgan fingerprint density at radius 1 is 1.11 bits per heavy atom. The summed E-state index contributed by atoms with van der Waals surface area (Å²) in [5, 5.41) is 13.7. The van der Waals surface area contributed by atoms with E-state index in [2.05, 4.69) is 30.2 Å². The molecule has 5 rings (SSSR count). The lowest BCUT2D eigenvalue weighted by Gasteiger charge is -2.22. The summed E-state index contributed by atoms with van der Waals surface area (Å²) in [6.45, 7) is 4.19. The number of aromatic nitrogens is 4. The number of fused-ring (bicyclic) bond motifs is 2. The first-order valence-electron chi connectivity index (χ1n) is 12.2. The normalized spacial score (nSPS) is 15.8. The summed E-state index contributed by atoms with van der Waals surface area (Å²) in [7, 11) is 3.16. The van der Waals surface area contributed by atoms with Crippen molar-refractivity contribution in [1.29, 1.82) is 0 Å². The van der Waals surface area contributed by atoms with Gasteiger partial charge in [0.05, 0.1) is 37.4 Å². The first-order chi connectivity index (χ1) is 18.0. The SMILES string of the molecule is COc1cc(OC)c2nc(Nc3nc4ccc(OCCN5CCCC5CO)cc4c(=O)[nH]3)nc(C)c2c1. The topological polar surface area (TPSA) is 135 Å². The lowest BCUT2D eigenvalue weighted by molar-refractivity contribution is 0.139. The van der Waals surface area contributed by atoms with Gasteiger partial charge in [-0.1, -0.05) is 0 Å². The smallest absolute Gasteiger partial charge is 0.260 e. The molecule has 0 spiro atoms. The van der Waals surface area contributed by atoms with Gasteiger partial charge in [-0.25, -0.2) is 15.0 Å². The molecule has 37 heavy (non-hydrogen) atoms. The van der Waals surface area contributed by atoms with Gasteiger partial charge in [0.25, 0.3) is 5.56 Å². The van der Waals surface area contributed by atoms with Crippen LogP contribution in [-0.4, -0.2) is 76.5 Å². The molecule has 0 aliphatic carbocycles. The number of aliphatic hydroxyl groups excluding tert-OH is 1. The predicted molar refractivity (Wildman–Crippen MR) is 140 cm³/mol. The zero-order valence-corrected chi connectivity index (χ0v) is 21.1. The van der Waals surface area contributed by atoms with E-state index in [0.717, 1.165) is 31.3 Å². The maximum absolute atomic E-state index is 12.9. The summed E-state index contributed by atoms with van der Waals surface area (Å²) < 4.78 is 16.7. The number of rotatable bonds is 9. The Balaban J connectivity index is 1.35. The molecule has 2 aromatic heterocycles. The van der Waals surface area contributed by atoms with Crippen molar-refractivity contribution in [3.05, 3.63) is 46.4 Å². The Kier molecular flexibility index (Phi) is 7.06. The van der Waals surface area contributed by atoms with Crippen LogP contribution in [0, 0.1) is 6.92 Å². The second-order valence-corrected chi connectivity index (χ2v) is 8.94. The van der Waals surface area contributed by atoms with E-state index >= 15 is 0 Å². The van der Waals surface area contributed by atoms with E-state index in [-0.39, 0.29) is 30.1 Å². The number of aryl methyl sites for hydroxylation is 1. The van der Waals surface area contributed by atoms with Gasteiger partial charge >= 0.3 is 0 Å². The predicted octanol–water partition coefficient (Wildman–Crippen LogP) is 2.77. The number of aliphatic hydroxyl groups is 1. The molecule has 194 valence electrons. The third-order valence-corrected chi connectivity index (χ3v) is 6.65. The van der Waals surface area contributed by atoms with Crippen LogP contribution in [0.15, 0.2) is 35.1 Å². The Bertz CT molecular complexity index is 1490. The number of methoxy groups -OCH3 is 2. The number of anilines is 2. The Labute approximate surface area is 213 Å². The quantitative estimate of drug-likeness (QED) is 0.311. The first-order valence-corrected chi connectivity index (χ1v) is 12.2. The maximum atomic E-state index is 12.9. The summed E-state index contributed by atoms with van der Waals surface area (Å²) in [6, 6.07) is 9.04. The molecular weight excluding hydrogens is 476 g/mol. The molecular formula is C26H30N6O5. The molecule has 11 heteroatoms. The average molecular weight is 507 g/mol. The van der Waals surface area contributed by atoms with E-state index in [0.29, 0.717) is 46.0 Å². The zero-order valence-electron chi connectivity index (χ0n) is 21.1. The molecule has 4 aromatic rings. The minimum atomic E-state index is -0.308. The van der Waals surface area contributed by atoms with Crippen molar-refractivity contribution in [1.82, 2.24) is 24.8 Å². The van der Waals surface area contributed by atoms with Crippen LogP contribution in [0.25, 0.3) is 21.8 Å². The number of nitrogens with zero attached hydrogens (tertiary/aromatic N) is 4. The van der Waals surface area contributed by atoms with Crippen LogP contribution in [-0.2, 0) is 0 Å². The minimum Gasteiger partial charge on any atom is -0.497 e. The average Bonchev–Trinajstić information content (AvgIpc) is 3.36. The van der Waals surface area contributed by atoms with E-state index in [9.17, 15) is 9.90 Å². The third kappa shape index (κ3) is 5.13. The summed E-state index contributed by atoms with van der Waals surface area (Å²) in [4.78, 5) is 31.5. The summed E-state index contributed by atoms with van der Waals surface area (Å²) in [5.41, 5.74) is 1.53. The van der Waals surface area contributed by atoms with Gasteiger partial charge in [0, 0.05) is 24.0 Å². The highest BCUT2D eigenvalue weighted by atomic mass is 16.5. The van der Waals surface area contributed by atoms with Crippen molar-refractivity contribution in [3.63, 3.8) is 0 Å². The molecule has 1 aliphatic heterocycles. The van der Waals surface area contributed by atoms with Crippen molar-refractivity contribution < 1.29 is 19.3 Å². The molecule has 1 fully saturated rings. The molecule has 1 saturated heterocycles. The van der Waals surface area contributed by atoms with Crippen LogP contribution in [0.2, 0.25) is 0 Å². The zero-order chi connectivity index (χ0) is 25.9. The molecule has 0 bridgehead atoms. The highest BCUT2D eigenvalue weighted by molar-refractivity contribution is 5.89. The van der Waals surface area contributed by atoms with E-state index in [1.54, 1.807) is 38.5 Å². The largest absolute Gasteiger partial charge is 0.497 e. The van der Waals surface area contributed by atoms with E-state index in [4.69, 9.17) is 14.2 Å². The highest BCUT2D eigenvalue weighted by Gasteiger charge is 2.23. The van der Waals surface area contributed by atoms with Crippen LogP contribution in [0.3, 0.4) is 0 Å². The lowest BCUT2D eigenvalue weighted by Crippen LogP contribution is -2.35. The van der Waals surface area contributed by atoms with Crippen LogP contribution in [0.1, 0.15) is 18.5 Å². The number of H-pyrrole nitrogens is 1. The van der Waals surface area contributed by atoms with Crippen LogP contribution >= 0.6 is 0 Å². The Morgan fingerprint density at radius 3 is 2.73 bits per heavy atom. The fourth-order valence-electron chi connectivity index (χ4n) is 4.70. The van der Waals surface area contributed by atoms with E-state index < -0.39 is 0 Å². The monoisotopic (exact) mass is 506 g/mol. The Morgan fingerprint density at radius 2 is 1.95 bits per heavy atom. The Hall–Kier alpha value is -3.96. The van der Waals surface area contributed by atoms with Crippen molar-refractivity contribution in [2.75, 3.05) is 45.8 Å². The fourth-order valence-corrected chi connectivity index (χ4v) is 4.70. The van der Waals surface area contributed by atoms with Gasteiger partial charge in [-0.15, -0.1) is 0 Å². The second kappa shape index (κ2) is 10.6. The van der Waals surface area contributed by atoms with Crippen molar-refractivity contribution in [2.24, 2.45) is 0 Å². The molecule has 1 atom stereocenters. The molecule has 0 saturated carbocycles. The number of benzene rings is 2. The van der Waals surface area contributed by atoms with Gasteiger partial charge in [0.15, 0.2) is 0 Å². The number of hydrogen-bond donors (Lipinski definition) is 3. The van der Waals surface area contributed by atoms with Gasteiger partial charge in [0.2, 0.25) is 11.9 Å². The number of likely N-dealkylation sites (tertiary alicyclic amines) is 1. The van der Waals surface area contributed by atoms with Gasteiger partial charge in [0.1, 0.15) is 29.4 Å². The van der Waals surface area contributed by atoms with Crippen LogP contribution in [0.5, 0.6) is 17.2 Å². The highest BCUT2D eigenvalue weighted by Crippen LogP contribution is 2.32. The maximum Gasteiger partial charge on any atom is 0.260 e. The number of aromatic amines is 1. The molecule has 1 aliphatic rings. The standard InChI is InChI=1S/C26H30N6O5/c1-15-19-12-18(35-2)13-22(36-3)23(19)29-25(27-15)31-26-28-21-7-6-17(11-20(21)24(34)30-26)37-10-9-32-8-4-5-16(32)14-33/h6-7,11-13,16,33H,4-5,8-10,14H2,1-3H3,(H2,27,28,29,30,31,34). The molecule has 3 N–H and O–H groups in total. The van der Waals surface area contributed by atoms with Gasteiger partial charge < -0.3 is 19.3 Å². The molecule has 1 unspecified atom stereocenters.